The lowest BCUT2D eigenvalue weighted by atomic mass is 9.80. The molecule has 0 amide bonds. The highest BCUT2D eigenvalue weighted by Crippen LogP contribution is 2.40. The molecule has 31 heavy (non-hydrogen) atoms. The van der Waals surface area contributed by atoms with Crippen molar-refractivity contribution in [3.63, 3.8) is 0 Å². The Kier molecular flexibility index (Phi) is 7.95. The number of ether oxygens (including phenoxy) is 2. The molecule has 1 aliphatic heterocycles. The van der Waals surface area contributed by atoms with Crippen LogP contribution in [0.25, 0.3) is 0 Å². The average Bonchev–Trinajstić information content (AvgIpc) is 2.78. The van der Waals surface area contributed by atoms with Crippen LogP contribution in [0.2, 0.25) is 0 Å². The van der Waals surface area contributed by atoms with Crippen molar-refractivity contribution in [2.75, 3.05) is 19.0 Å². The third-order valence-corrected chi connectivity index (χ3v) is 5.93. The van der Waals surface area contributed by atoms with Crippen LogP contribution in [0.1, 0.15) is 32.3 Å². The summed E-state index contributed by atoms with van der Waals surface area (Å²) in [4.78, 5) is 27.1. The van der Waals surface area contributed by atoms with Crippen molar-refractivity contribution in [3.8, 4) is 0 Å². The Morgan fingerprint density at radius 1 is 0.871 bits per heavy atom. The molecule has 1 N–H and O–H groups in total. The van der Waals surface area contributed by atoms with E-state index in [1.54, 1.807) is 25.6 Å². The average molecular weight is 438 g/mol. The SMILES string of the molecule is CCOC(=O)C1=C(C)NC(CSc2ccccc2)=C(C(=O)OCC)C1c1ccccc1. The molecular formula is C25H27NO4S. The summed E-state index contributed by atoms with van der Waals surface area (Å²) in [6.45, 7) is 5.90. The van der Waals surface area contributed by atoms with Gasteiger partial charge in [-0.05, 0) is 38.5 Å². The Morgan fingerprint density at radius 2 is 1.42 bits per heavy atom. The number of dihydropyridines is 1. The lowest BCUT2D eigenvalue weighted by molar-refractivity contribution is -0.139. The predicted octanol–water partition coefficient (Wildman–Crippen LogP) is 4.82. The first-order chi connectivity index (χ1) is 15.1. The lowest BCUT2D eigenvalue weighted by Crippen LogP contribution is -2.34. The fourth-order valence-corrected chi connectivity index (χ4v) is 4.48. The highest BCUT2D eigenvalue weighted by molar-refractivity contribution is 7.99. The van der Waals surface area contributed by atoms with E-state index in [4.69, 9.17) is 9.47 Å². The molecule has 0 aromatic heterocycles. The van der Waals surface area contributed by atoms with Crippen LogP contribution in [0.3, 0.4) is 0 Å². The molecule has 6 heteroatoms. The highest BCUT2D eigenvalue weighted by atomic mass is 32.2. The van der Waals surface area contributed by atoms with Crippen molar-refractivity contribution in [1.82, 2.24) is 5.32 Å². The maximum Gasteiger partial charge on any atom is 0.336 e. The minimum absolute atomic E-state index is 0.250. The molecule has 1 unspecified atom stereocenters. The van der Waals surface area contributed by atoms with Gasteiger partial charge in [0.15, 0.2) is 0 Å². The molecule has 0 radical (unpaired) electrons. The fourth-order valence-electron chi connectivity index (χ4n) is 3.59. The van der Waals surface area contributed by atoms with Crippen molar-refractivity contribution < 1.29 is 19.1 Å². The standard InChI is InChI=1S/C25H27NO4S/c1-4-29-24(27)21-17(3)26-20(16-31-19-14-10-7-11-15-19)23(25(28)30-5-2)22(21)18-12-8-6-9-13-18/h6-15,22,26H,4-5,16H2,1-3H3. The number of esters is 2. The first-order valence-electron chi connectivity index (χ1n) is 10.3. The van der Waals surface area contributed by atoms with Crippen molar-refractivity contribution in [2.24, 2.45) is 0 Å². The van der Waals surface area contributed by atoms with Gasteiger partial charge in [-0.25, -0.2) is 9.59 Å². The summed E-state index contributed by atoms with van der Waals surface area (Å²) in [7, 11) is 0. The van der Waals surface area contributed by atoms with E-state index in [-0.39, 0.29) is 13.2 Å². The van der Waals surface area contributed by atoms with E-state index in [1.165, 1.54) is 0 Å². The van der Waals surface area contributed by atoms with E-state index in [1.807, 2.05) is 67.6 Å². The predicted molar refractivity (Wildman–Crippen MR) is 122 cm³/mol. The number of thioether (sulfide) groups is 1. The van der Waals surface area contributed by atoms with Crippen LogP contribution in [0.4, 0.5) is 0 Å². The Bertz CT molecular complexity index is 983. The van der Waals surface area contributed by atoms with Gasteiger partial charge in [0.05, 0.1) is 30.3 Å². The van der Waals surface area contributed by atoms with Gasteiger partial charge in [-0.15, -0.1) is 11.8 Å². The summed E-state index contributed by atoms with van der Waals surface area (Å²) in [5, 5.41) is 3.30. The normalized spacial score (nSPS) is 16.0. The summed E-state index contributed by atoms with van der Waals surface area (Å²) in [5.74, 6) is -0.888. The largest absolute Gasteiger partial charge is 0.463 e. The molecule has 5 nitrogen and oxygen atoms in total. The molecule has 3 rings (SSSR count). The number of carbonyl (C=O) groups is 2. The van der Waals surface area contributed by atoms with E-state index in [2.05, 4.69) is 5.32 Å². The molecule has 162 valence electrons. The number of hydrogen-bond acceptors (Lipinski definition) is 6. The Balaban J connectivity index is 2.09. The molecule has 0 bridgehead atoms. The van der Waals surface area contributed by atoms with Crippen LogP contribution < -0.4 is 5.32 Å². The second-order valence-electron chi connectivity index (χ2n) is 6.94. The summed E-state index contributed by atoms with van der Waals surface area (Å²) in [6, 6.07) is 19.5. The summed E-state index contributed by atoms with van der Waals surface area (Å²) < 4.78 is 10.8. The number of carbonyl (C=O) groups excluding carboxylic acids is 2. The van der Waals surface area contributed by atoms with Crippen LogP contribution in [-0.2, 0) is 19.1 Å². The van der Waals surface area contributed by atoms with E-state index in [9.17, 15) is 9.59 Å². The quantitative estimate of drug-likeness (QED) is 0.472. The number of allylic oxidation sites excluding steroid dienone is 1. The second-order valence-corrected chi connectivity index (χ2v) is 7.99. The maximum absolute atomic E-state index is 13.1. The molecule has 0 spiro atoms. The maximum atomic E-state index is 13.1. The van der Waals surface area contributed by atoms with Gasteiger partial charge in [-0.2, -0.15) is 0 Å². The van der Waals surface area contributed by atoms with E-state index < -0.39 is 17.9 Å². The van der Waals surface area contributed by atoms with Crippen LogP contribution in [0, 0.1) is 0 Å². The smallest absolute Gasteiger partial charge is 0.336 e. The van der Waals surface area contributed by atoms with Gasteiger partial charge in [-0.3, -0.25) is 0 Å². The molecule has 1 aliphatic rings. The van der Waals surface area contributed by atoms with Crippen molar-refractivity contribution in [2.45, 2.75) is 31.6 Å². The van der Waals surface area contributed by atoms with Gasteiger partial charge in [0.1, 0.15) is 0 Å². The van der Waals surface area contributed by atoms with Crippen molar-refractivity contribution >= 4 is 23.7 Å². The minimum atomic E-state index is -0.563. The Morgan fingerprint density at radius 3 is 2.00 bits per heavy atom. The first-order valence-corrected chi connectivity index (χ1v) is 11.3. The number of hydrogen-bond donors (Lipinski definition) is 1. The number of rotatable bonds is 8. The molecular weight excluding hydrogens is 410 g/mol. The topological polar surface area (TPSA) is 64.6 Å². The summed E-state index contributed by atoms with van der Waals surface area (Å²) >= 11 is 1.62. The highest BCUT2D eigenvalue weighted by Gasteiger charge is 2.38. The van der Waals surface area contributed by atoms with Gasteiger partial charge in [-0.1, -0.05) is 48.5 Å². The summed E-state index contributed by atoms with van der Waals surface area (Å²) in [5.41, 5.74) is 3.15. The zero-order chi connectivity index (χ0) is 22.2. The first kappa shape index (κ1) is 22.7. The summed E-state index contributed by atoms with van der Waals surface area (Å²) in [6.07, 6.45) is 0. The molecule has 0 aliphatic carbocycles. The van der Waals surface area contributed by atoms with Gasteiger partial charge >= 0.3 is 11.9 Å². The van der Waals surface area contributed by atoms with Gasteiger partial charge < -0.3 is 14.8 Å². The molecule has 2 aromatic rings. The van der Waals surface area contributed by atoms with Crippen molar-refractivity contribution in [3.05, 3.63) is 88.8 Å². The second kappa shape index (κ2) is 10.9. The van der Waals surface area contributed by atoms with E-state index >= 15 is 0 Å². The molecule has 0 saturated heterocycles. The molecule has 2 aromatic carbocycles. The zero-order valence-corrected chi connectivity index (χ0v) is 18.8. The number of nitrogens with one attached hydrogen (secondary N) is 1. The monoisotopic (exact) mass is 437 g/mol. The van der Waals surface area contributed by atoms with Crippen LogP contribution >= 0.6 is 11.8 Å². The number of benzene rings is 2. The van der Waals surface area contributed by atoms with Gasteiger partial charge in [0.25, 0.3) is 0 Å². The molecule has 1 atom stereocenters. The van der Waals surface area contributed by atoms with E-state index in [0.717, 1.165) is 16.2 Å². The fraction of sp³-hybridized carbons (Fsp3) is 0.280. The van der Waals surface area contributed by atoms with Crippen LogP contribution in [0.5, 0.6) is 0 Å². The van der Waals surface area contributed by atoms with Crippen LogP contribution in [-0.4, -0.2) is 30.9 Å². The molecule has 0 saturated carbocycles. The van der Waals surface area contributed by atoms with Gasteiger partial charge in [0.2, 0.25) is 0 Å². The third kappa shape index (κ3) is 5.39. The molecule has 0 fully saturated rings. The van der Waals surface area contributed by atoms with Crippen LogP contribution in [0.15, 0.2) is 88.1 Å². The lowest BCUT2D eigenvalue weighted by Gasteiger charge is -2.31. The zero-order valence-electron chi connectivity index (χ0n) is 18.0. The third-order valence-electron chi connectivity index (χ3n) is 4.89. The Labute approximate surface area is 187 Å². The minimum Gasteiger partial charge on any atom is -0.463 e. The Hall–Kier alpha value is -2.99. The van der Waals surface area contributed by atoms with E-state index in [0.29, 0.717) is 22.6 Å². The van der Waals surface area contributed by atoms with Crippen molar-refractivity contribution in [1.29, 1.82) is 0 Å². The van der Waals surface area contributed by atoms with Gasteiger partial charge in [0, 0.05) is 22.0 Å². The molecule has 1 heterocycles.